The van der Waals surface area contributed by atoms with Crippen molar-refractivity contribution in [3.63, 3.8) is 0 Å². The Hall–Kier alpha value is -1.12. The average molecular weight is 531 g/mol. The number of esters is 1. The Morgan fingerprint density at radius 1 is 1.00 bits per heavy atom. The minimum atomic E-state index is -1.01. The van der Waals surface area contributed by atoms with Crippen LogP contribution in [0, 0.1) is 5.82 Å². The van der Waals surface area contributed by atoms with Gasteiger partial charge >= 0.3 is 5.97 Å². The monoisotopic (exact) mass is 531 g/mol. The van der Waals surface area contributed by atoms with Crippen molar-refractivity contribution in [2.75, 3.05) is 39.0 Å². The van der Waals surface area contributed by atoms with E-state index in [1.54, 1.807) is 12.1 Å². The molecule has 160 valence electrons. The van der Waals surface area contributed by atoms with Gasteiger partial charge in [-0.1, -0.05) is 49.4 Å². The average Bonchev–Trinajstić information content (AvgIpc) is 2.73. The molecule has 0 N–H and O–H groups in total. The number of nitrogens with zero attached hydrogens (tertiary/aromatic N) is 1. The first-order valence-electron chi connectivity index (χ1n) is 9.88. The summed E-state index contributed by atoms with van der Waals surface area (Å²) in [6, 6.07) is 15.8. The molecule has 2 aromatic rings. The van der Waals surface area contributed by atoms with Crippen LogP contribution in [0.15, 0.2) is 54.6 Å². The first-order valence-corrected chi connectivity index (χ1v) is 10.9. The van der Waals surface area contributed by atoms with Gasteiger partial charge in [-0.2, -0.15) is 0 Å². The lowest BCUT2D eigenvalue weighted by Gasteiger charge is -2.34. The summed E-state index contributed by atoms with van der Waals surface area (Å²) in [5.74, 6) is 0.106. The third kappa shape index (κ3) is 6.18. The van der Waals surface area contributed by atoms with E-state index in [0.29, 0.717) is 6.61 Å². The summed E-state index contributed by atoms with van der Waals surface area (Å²) < 4.78 is 19.2. The van der Waals surface area contributed by atoms with E-state index in [2.05, 4.69) is 20.9 Å². The molecule has 0 saturated carbocycles. The van der Waals surface area contributed by atoms with Crippen LogP contribution in [0.5, 0.6) is 0 Å². The maximum Gasteiger partial charge on any atom is 0.331 e. The summed E-state index contributed by atoms with van der Waals surface area (Å²) >= 11 is 1.51. The van der Waals surface area contributed by atoms with Gasteiger partial charge in [-0.3, -0.25) is 0 Å². The number of carbonyl (C=O) groups is 1. The van der Waals surface area contributed by atoms with Crippen molar-refractivity contribution in [1.82, 2.24) is 0 Å². The minimum absolute atomic E-state index is 0. The van der Waals surface area contributed by atoms with Crippen LogP contribution in [-0.4, -0.2) is 49.5 Å². The van der Waals surface area contributed by atoms with Crippen molar-refractivity contribution >= 4 is 17.7 Å². The van der Waals surface area contributed by atoms with Gasteiger partial charge in [0.15, 0.2) is 4.75 Å². The van der Waals surface area contributed by atoms with Crippen molar-refractivity contribution in [2.45, 2.75) is 25.5 Å². The number of halogens is 2. The molecule has 0 aliphatic rings. The fraction of sp³-hybridized carbons (Fsp3) is 0.435. The van der Waals surface area contributed by atoms with E-state index in [1.807, 2.05) is 37.3 Å². The summed E-state index contributed by atoms with van der Waals surface area (Å²) in [5.41, 5.74) is 1.59. The van der Waals surface area contributed by atoms with Crippen molar-refractivity contribution in [1.29, 1.82) is 0 Å². The number of thioether (sulfide) groups is 1. The number of likely N-dealkylation sites (N-methyl/N-ethyl adjacent to an activating group) is 1. The van der Waals surface area contributed by atoms with E-state index >= 15 is 0 Å². The van der Waals surface area contributed by atoms with Gasteiger partial charge in [-0.25, -0.2) is 9.18 Å². The van der Waals surface area contributed by atoms with Gasteiger partial charge in [0.05, 0.1) is 20.1 Å². The van der Waals surface area contributed by atoms with Crippen LogP contribution >= 0.6 is 11.8 Å². The first-order chi connectivity index (χ1) is 13.4. The Labute approximate surface area is 195 Å². The standard InChI is InChI=1S/C23H31FNO2S.HI/c1-5-25(4,6-2)17-18-27-22(26)23(28-7-3,19-11-9-8-10-12-19)20-13-15-21(24)16-14-20;/h8-16H,5-7,17-18H2,1-4H3;1H/q+1;/p-1. The summed E-state index contributed by atoms with van der Waals surface area (Å²) in [5, 5.41) is 0. The van der Waals surface area contributed by atoms with Crippen LogP contribution < -0.4 is 24.0 Å². The highest BCUT2D eigenvalue weighted by molar-refractivity contribution is 8.01. The van der Waals surface area contributed by atoms with Crippen molar-refractivity contribution < 1.29 is 42.4 Å². The van der Waals surface area contributed by atoms with Crippen LogP contribution in [0.4, 0.5) is 4.39 Å². The van der Waals surface area contributed by atoms with Gasteiger partial charge in [0.2, 0.25) is 0 Å². The maximum atomic E-state index is 13.6. The Balaban J connectivity index is 0.00000420. The molecule has 0 aliphatic heterocycles. The molecule has 0 bridgehead atoms. The number of hydrogen-bond donors (Lipinski definition) is 0. The van der Waals surface area contributed by atoms with Crippen LogP contribution in [0.25, 0.3) is 0 Å². The molecule has 0 spiro atoms. The smallest absolute Gasteiger partial charge is 0.331 e. The Morgan fingerprint density at radius 3 is 2.07 bits per heavy atom. The molecular formula is C23H31FINO2S. The molecule has 6 heteroatoms. The fourth-order valence-corrected chi connectivity index (χ4v) is 4.42. The molecule has 2 aromatic carbocycles. The summed E-state index contributed by atoms with van der Waals surface area (Å²) in [6.07, 6.45) is 0. The maximum absolute atomic E-state index is 13.6. The molecule has 1 unspecified atom stereocenters. The van der Waals surface area contributed by atoms with E-state index in [9.17, 15) is 9.18 Å². The van der Waals surface area contributed by atoms with E-state index in [0.717, 1.165) is 41.0 Å². The molecule has 0 heterocycles. The zero-order valence-electron chi connectivity index (χ0n) is 17.7. The Kier molecular flexibility index (Phi) is 10.6. The fourth-order valence-electron chi connectivity index (χ4n) is 3.20. The lowest BCUT2D eigenvalue weighted by Crippen LogP contribution is -3.00. The number of quaternary nitrogens is 1. The van der Waals surface area contributed by atoms with Gasteiger partial charge in [0, 0.05) is 0 Å². The van der Waals surface area contributed by atoms with E-state index in [4.69, 9.17) is 4.74 Å². The molecule has 29 heavy (non-hydrogen) atoms. The van der Waals surface area contributed by atoms with Crippen LogP contribution in [0.2, 0.25) is 0 Å². The predicted molar refractivity (Wildman–Crippen MR) is 115 cm³/mol. The number of benzene rings is 2. The number of carbonyl (C=O) groups excluding carboxylic acids is 1. The molecule has 1 atom stereocenters. The van der Waals surface area contributed by atoms with E-state index in [-0.39, 0.29) is 35.8 Å². The quantitative estimate of drug-likeness (QED) is 0.266. The van der Waals surface area contributed by atoms with Crippen LogP contribution in [0.1, 0.15) is 31.9 Å². The van der Waals surface area contributed by atoms with E-state index < -0.39 is 4.75 Å². The highest BCUT2D eigenvalue weighted by Crippen LogP contribution is 2.44. The molecule has 0 aliphatic carbocycles. The molecule has 0 aromatic heterocycles. The van der Waals surface area contributed by atoms with Gasteiger partial charge in [0.1, 0.15) is 19.0 Å². The van der Waals surface area contributed by atoms with Crippen molar-refractivity contribution in [3.05, 3.63) is 71.5 Å². The van der Waals surface area contributed by atoms with Crippen LogP contribution in [0.3, 0.4) is 0 Å². The second kappa shape index (κ2) is 11.9. The molecule has 2 rings (SSSR count). The highest BCUT2D eigenvalue weighted by Gasteiger charge is 2.44. The van der Waals surface area contributed by atoms with Crippen molar-refractivity contribution in [2.24, 2.45) is 0 Å². The van der Waals surface area contributed by atoms with Crippen molar-refractivity contribution in [3.8, 4) is 0 Å². The zero-order valence-corrected chi connectivity index (χ0v) is 20.6. The third-order valence-corrected chi connectivity index (χ3v) is 6.83. The Bertz CT molecular complexity index is 753. The van der Waals surface area contributed by atoms with Crippen LogP contribution in [-0.2, 0) is 14.3 Å². The van der Waals surface area contributed by atoms with Gasteiger partial charge in [-0.05, 0) is 42.9 Å². The zero-order chi connectivity index (χ0) is 20.6. The SMILES string of the molecule is CCSC(C(=O)OCC[N+](C)(CC)CC)(c1ccccc1)c1ccc(F)cc1.[I-]. The lowest BCUT2D eigenvalue weighted by molar-refractivity contribution is -0.906. The van der Waals surface area contributed by atoms with E-state index in [1.165, 1.54) is 23.9 Å². The largest absolute Gasteiger partial charge is 1.00 e. The van der Waals surface area contributed by atoms with Gasteiger partial charge in [0.25, 0.3) is 0 Å². The first kappa shape index (κ1) is 25.9. The third-order valence-electron chi connectivity index (χ3n) is 5.47. The van der Waals surface area contributed by atoms with Gasteiger partial charge in [-0.15, -0.1) is 11.8 Å². The normalized spacial score (nSPS) is 13.3. The second-order valence-electron chi connectivity index (χ2n) is 7.10. The summed E-state index contributed by atoms with van der Waals surface area (Å²) in [6.45, 7) is 9.40. The van der Waals surface area contributed by atoms with Gasteiger partial charge < -0.3 is 33.2 Å². The second-order valence-corrected chi connectivity index (χ2v) is 8.58. The molecule has 0 radical (unpaired) electrons. The lowest BCUT2D eigenvalue weighted by atomic mass is 9.90. The number of rotatable bonds is 10. The molecular weight excluding hydrogens is 500 g/mol. The molecule has 3 nitrogen and oxygen atoms in total. The highest BCUT2D eigenvalue weighted by atomic mass is 127. The molecule has 0 saturated heterocycles. The molecule has 0 fully saturated rings. The minimum Gasteiger partial charge on any atom is -1.00 e. The summed E-state index contributed by atoms with van der Waals surface area (Å²) in [4.78, 5) is 13.5. The Morgan fingerprint density at radius 2 is 1.55 bits per heavy atom. The molecule has 0 amide bonds. The number of ether oxygens (including phenoxy) is 1. The topological polar surface area (TPSA) is 26.3 Å². The number of hydrogen-bond acceptors (Lipinski definition) is 3. The predicted octanol–water partition coefficient (Wildman–Crippen LogP) is 1.86. The summed E-state index contributed by atoms with van der Waals surface area (Å²) in [7, 11) is 2.17.